The van der Waals surface area contributed by atoms with Crippen LogP contribution in [0.4, 0.5) is 0 Å². The van der Waals surface area contributed by atoms with Crippen molar-refractivity contribution in [2.24, 2.45) is 0 Å². The van der Waals surface area contributed by atoms with Crippen molar-refractivity contribution in [2.75, 3.05) is 0 Å². The third-order valence-electron chi connectivity index (χ3n) is 9.82. The maximum Gasteiger partial charge on any atom is -0.000762 e. The van der Waals surface area contributed by atoms with Crippen LogP contribution in [0.3, 0.4) is 0 Å². The van der Waals surface area contributed by atoms with E-state index in [2.05, 4.69) is 121 Å². The van der Waals surface area contributed by atoms with E-state index in [4.69, 9.17) is 0 Å². The summed E-state index contributed by atoms with van der Waals surface area (Å²) in [6.45, 7) is 0. The first-order valence-electron chi connectivity index (χ1n) is 14.1. The van der Waals surface area contributed by atoms with Crippen LogP contribution in [-0.2, 0) is 0 Å². The SMILES string of the molecule is c1cc2ccc3ccc(-c4cc5ccc6ccc7ccc8ccc9ccc4c4c9c8c7c6c54)c4ccc(c1)c2c34. The van der Waals surface area contributed by atoms with E-state index in [1.165, 1.54) is 108 Å². The van der Waals surface area contributed by atoms with E-state index in [1.807, 2.05) is 0 Å². The molecule has 11 rings (SSSR count). The average molecular weight is 501 g/mol. The van der Waals surface area contributed by atoms with E-state index in [-0.39, 0.29) is 0 Å². The van der Waals surface area contributed by atoms with E-state index in [0.29, 0.717) is 0 Å². The second-order valence-electron chi connectivity index (χ2n) is 11.6. The van der Waals surface area contributed by atoms with E-state index < -0.39 is 0 Å². The molecule has 0 nitrogen and oxygen atoms in total. The molecule has 0 fully saturated rings. The second kappa shape index (κ2) is 6.50. The highest BCUT2D eigenvalue weighted by molar-refractivity contribution is 6.45. The molecular weight excluding hydrogens is 480 g/mol. The van der Waals surface area contributed by atoms with Crippen LogP contribution in [0, 0.1) is 0 Å². The molecular formula is C40H20. The van der Waals surface area contributed by atoms with Crippen molar-refractivity contribution in [3.05, 3.63) is 121 Å². The molecule has 180 valence electrons. The molecule has 11 aromatic carbocycles. The zero-order valence-corrected chi connectivity index (χ0v) is 21.5. The van der Waals surface area contributed by atoms with Gasteiger partial charge in [-0.3, -0.25) is 0 Å². The lowest BCUT2D eigenvalue weighted by atomic mass is 9.80. The topological polar surface area (TPSA) is 0 Å². The normalized spacial score (nSPS) is 13.0. The molecule has 0 spiro atoms. The van der Waals surface area contributed by atoms with Gasteiger partial charge in [0.2, 0.25) is 0 Å². The summed E-state index contributed by atoms with van der Waals surface area (Å²) in [7, 11) is 0. The highest BCUT2D eigenvalue weighted by atomic mass is 14.2. The van der Waals surface area contributed by atoms with Gasteiger partial charge in [0.1, 0.15) is 0 Å². The minimum Gasteiger partial charge on any atom is -0.0610 e. The Morgan fingerprint density at radius 1 is 0.225 bits per heavy atom. The van der Waals surface area contributed by atoms with Gasteiger partial charge in [-0.25, -0.2) is 0 Å². The second-order valence-corrected chi connectivity index (χ2v) is 11.6. The summed E-state index contributed by atoms with van der Waals surface area (Å²) >= 11 is 0. The van der Waals surface area contributed by atoms with Crippen molar-refractivity contribution >= 4 is 97.0 Å². The minimum absolute atomic E-state index is 1.31. The standard InChI is InChI=1S/C40H20/c1-2-21-4-5-23-14-17-29(30-18-15-22(3-1)33(21)34(23)30)32-20-28-13-12-26-9-7-24-6-8-25-10-11-27-16-19-31(32)40-38(27)36(25)35(24)37(26)39(28)40/h1-20H. The highest BCUT2D eigenvalue weighted by Gasteiger charge is 2.22. The van der Waals surface area contributed by atoms with Crippen molar-refractivity contribution in [3.8, 4) is 11.1 Å². The van der Waals surface area contributed by atoms with Gasteiger partial charge in [-0.1, -0.05) is 115 Å². The zero-order valence-electron chi connectivity index (χ0n) is 21.5. The number of hydrogen-bond donors (Lipinski definition) is 0. The lowest BCUT2D eigenvalue weighted by Crippen LogP contribution is -1.94. The maximum atomic E-state index is 2.46. The first-order chi connectivity index (χ1) is 19.8. The fraction of sp³-hybridized carbons (Fsp3) is 0. The lowest BCUT2D eigenvalue weighted by Gasteiger charge is -2.22. The van der Waals surface area contributed by atoms with Gasteiger partial charge in [0, 0.05) is 0 Å². The number of rotatable bonds is 1. The van der Waals surface area contributed by atoms with E-state index in [1.54, 1.807) is 0 Å². The highest BCUT2D eigenvalue weighted by Crippen LogP contribution is 2.51. The molecule has 0 radical (unpaired) electrons. The minimum atomic E-state index is 1.31. The average Bonchev–Trinajstić information content (AvgIpc) is 3.02. The molecule has 0 aliphatic carbocycles. The molecule has 0 unspecified atom stereocenters. The molecule has 0 aromatic heterocycles. The van der Waals surface area contributed by atoms with E-state index >= 15 is 0 Å². The van der Waals surface area contributed by atoms with Crippen molar-refractivity contribution < 1.29 is 0 Å². The lowest BCUT2D eigenvalue weighted by molar-refractivity contribution is 1.74. The van der Waals surface area contributed by atoms with Crippen LogP contribution in [0.25, 0.3) is 108 Å². The van der Waals surface area contributed by atoms with Gasteiger partial charge in [-0.15, -0.1) is 0 Å². The van der Waals surface area contributed by atoms with E-state index in [9.17, 15) is 0 Å². The molecule has 0 aliphatic rings. The molecule has 0 saturated carbocycles. The summed E-state index contributed by atoms with van der Waals surface area (Å²) < 4.78 is 0. The molecule has 11 aromatic rings. The predicted molar refractivity (Wildman–Crippen MR) is 174 cm³/mol. The molecule has 0 atom stereocenters. The smallest absolute Gasteiger partial charge is 0.000762 e. The van der Waals surface area contributed by atoms with Crippen molar-refractivity contribution in [2.45, 2.75) is 0 Å². The Hall–Kier alpha value is -5.20. The van der Waals surface area contributed by atoms with Gasteiger partial charge >= 0.3 is 0 Å². The first kappa shape index (κ1) is 19.8. The zero-order chi connectivity index (χ0) is 25.7. The van der Waals surface area contributed by atoms with Crippen LogP contribution < -0.4 is 0 Å². The summed E-state index contributed by atoms with van der Waals surface area (Å²) in [5.41, 5.74) is 2.64. The van der Waals surface area contributed by atoms with Gasteiger partial charge in [-0.05, 0) is 114 Å². The van der Waals surface area contributed by atoms with Crippen LogP contribution in [0.2, 0.25) is 0 Å². The maximum absolute atomic E-state index is 2.46. The van der Waals surface area contributed by atoms with Crippen molar-refractivity contribution in [3.63, 3.8) is 0 Å². The summed E-state index contributed by atoms with van der Waals surface area (Å²) in [6, 6.07) is 46.2. The molecule has 0 saturated heterocycles. The molecule has 0 amide bonds. The third-order valence-corrected chi connectivity index (χ3v) is 9.82. The van der Waals surface area contributed by atoms with Gasteiger partial charge in [-0.2, -0.15) is 0 Å². The monoisotopic (exact) mass is 500 g/mol. The Morgan fingerprint density at radius 2 is 0.600 bits per heavy atom. The molecule has 0 bridgehead atoms. The Labute approximate surface area is 229 Å². The van der Waals surface area contributed by atoms with Crippen molar-refractivity contribution in [1.29, 1.82) is 0 Å². The Kier molecular flexibility index (Phi) is 3.22. The van der Waals surface area contributed by atoms with Gasteiger partial charge in [0.05, 0.1) is 0 Å². The third kappa shape index (κ3) is 2.13. The largest absolute Gasteiger partial charge is 0.0610 e. The molecule has 0 heteroatoms. The first-order valence-corrected chi connectivity index (χ1v) is 14.1. The fourth-order valence-electron chi connectivity index (χ4n) is 8.18. The summed E-state index contributed by atoms with van der Waals surface area (Å²) in [6.07, 6.45) is 0. The molecule has 0 aliphatic heterocycles. The number of benzene rings is 11. The Bertz CT molecular complexity index is 2720. The van der Waals surface area contributed by atoms with Gasteiger partial charge in [0.25, 0.3) is 0 Å². The number of hydrogen-bond acceptors (Lipinski definition) is 0. The quantitative estimate of drug-likeness (QED) is 0.155. The summed E-state index contributed by atoms with van der Waals surface area (Å²) in [4.78, 5) is 0. The molecule has 0 N–H and O–H groups in total. The van der Waals surface area contributed by atoms with E-state index in [0.717, 1.165) is 0 Å². The summed E-state index contributed by atoms with van der Waals surface area (Å²) in [5, 5.41) is 24.5. The predicted octanol–water partition coefficient (Wildman–Crippen LogP) is 11.5. The Morgan fingerprint density at radius 3 is 1.18 bits per heavy atom. The summed E-state index contributed by atoms with van der Waals surface area (Å²) in [5.74, 6) is 0. The molecule has 0 heterocycles. The van der Waals surface area contributed by atoms with Gasteiger partial charge < -0.3 is 0 Å². The molecule has 40 heavy (non-hydrogen) atoms. The van der Waals surface area contributed by atoms with Crippen LogP contribution >= 0.6 is 0 Å². The fourth-order valence-corrected chi connectivity index (χ4v) is 8.18. The van der Waals surface area contributed by atoms with Crippen LogP contribution in [0.15, 0.2) is 121 Å². The van der Waals surface area contributed by atoms with Crippen LogP contribution in [-0.4, -0.2) is 0 Å². The van der Waals surface area contributed by atoms with Crippen LogP contribution in [0.5, 0.6) is 0 Å². The van der Waals surface area contributed by atoms with Crippen molar-refractivity contribution in [1.82, 2.24) is 0 Å². The Balaban J connectivity index is 1.41. The van der Waals surface area contributed by atoms with Crippen LogP contribution in [0.1, 0.15) is 0 Å². The van der Waals surface area contributed by atoms with Gasteiger partial charge in [0.15, 0.2) is 0 Å².